The van der Waals surface area contributed by atoms with Gasteiger partial charge < -0.3 is 29.0 Å². The SMILES string of the molecule is COc1ccc(CN(C(=O)OC(C)(C)C)C2CCN(C(=O)OC(C)(C)C)C2COC2CCC(c3cc(F)cc(F)c3O)CC2)cc1. The quantitative estimate of drug-likeness (QED) is 0.317. The van der Waals surface area contributed by atoms with Gasteiger partial charge in [-0.15, -0.1) is 0 Å². The molecule has 2 unspecified atom stereocenters. The van der Waals surface area contributed by atoms with Crippen LogP contribution in [0.4, 0.5) is 18.4 Å². The summed E-state index contributed by atoms with van der Waals surface area (Å²) in [6.45, 7) is 11.6. The van der Waals surface area contributed by atoms with Crippen LogP contribution in [0.3, 0.4) is 0 Å². The minimum Gasteiger partial charge on any atom is -0.505 e. The van der Waals surface area contributed by atoms with Crippen molar-refractivity contribution in [2.75, 3.05) is 20.3 Å². The standard InChI is InChI=1S/C35H48F2N2O7/c1-34(2,3)45-32(41)38-17-16-29(39(33(42)46-35(4,5)6)20-22-8-12-25(43-7)13-9-22)30(38)21-44-26-14-10-23(11-15-26)27-18-24(36)19-28(37)31(27)40/h8-9,12-13,18-19,23,26,29-30,40H,10-11,14-17,20-21H2,1-7H3. The summed E-state index contributed by atoms with van der Waals surface area (Å²) in [6.07, 6.45) is 1.71. The average molecular weight is 647 g/mol. The van der Waals surface area contributed by atoms with Crippen molar-refractivity contribution in [3.63, 3.8) is 0 Å². The summed E-state index contributed by atoms with van der Waals surface area (Å²) in [5, 5.41) is 10.2. The number of carbonyl (C=O) groups is 2. The van der Waals surface area contributed by atoms with Crippen LogP contribution in [0, 0.1) is 11.6 Å². The molecule has 0 aromatic heterocycles. The highest BCUT2D eigenvalue weighted by Gasteiger charge is 2.45. The molecule has 1 saturated carbocycles. The van der Waals surface area contributed by atoms with E-state index in [0.717, 1.165) is 5.56 Å². The van der Waals surface area contributed by atoms with Crippen LogP contribution in [0.15, 0.2) is 36.4 Å². The van der Waals surface area contributed by atoms with E-state index in [2.05, 4.69) is 0 Å². The fourth-order valence-corrected chi connectivity index (χ4v) is 6.19. The zero-order valence-corrected chi connectivity index (χ0v) is 28.0. The molecule has 11 heteroatoms. The van der Waals surface area contributed by atoms with Gasteiger partial charge >= 0.3 is 12.2 Å². The summed E-state index contributed by atoms with van der Waals surface area (Å²) in [5.74, 6) is -1.70. The smallest absolute Gasteiger partial charge is 0.410 e. The van der Waals surface area contributed by atoms with Crippen LogP contribution in [0.2, 0.25) is 0 Å². The molecule has 2 amide bonds. The molecule has 1 saturated heterocycles. The summed E-state index contributed by atoms with van der Waals surface area (Å²) in [4.78, 5) is 30.4. The maximum atomic E-state index is 14.0. The van der Waals surface area contributed by atoms with Crippen molar-refractivity contribution in [2.24, 2.45) is 0 Å². The zero-order valence-electron chi connectivity index (χ0n) is 28.0. The largest absolute Gasteiger partial charge is 0.505 e. The lowest BCUT2D eigenvalue weighted by atomic mass is 9.82. The average Bonchev–Trinajstić information content (AvgIpc) is 3.39. The molecule has 9 nitrogen and oxygen atoms in total. The number of nitrogens with zero attached hydrogens (tertiary/aromatic N) is 2. The van der Waals surface area contributed by atoms with Gasteiger partial charge in [0.15, 0.2) is 11.6 Å². The van der Waals surface area contributed by atoms with E-state index in [0.29, 0.717) is 50.5 Å². The van der Waals surface area contributed by atoms with Gasteiger partial charge in [0.1, 0.15) is 22.8 Å². The molecule has 254 valence electrons. The van der Waals surface area contributed by atoms with E-state index < -0.39 is 52.9 Å². The molecule has 2 atom stereocenters. The number of benzene rings is 2. The number of hydrogen-bond acceptors (Lipinski definition) is 7. The maximum Gasteiger partial charge on any atom is 0.410 e. The molecule has 1 aliphatic carbocycles. The Bertz CT molecular complexity index is 1350. The summed E-state index contributed by atoms with van der Waals surface area (Å²) in [5.41, 5.74) is -0.302. The molecule has 1 aliphatic heterocycles. The van der Waals surface area contributed by atoms with Gasteiger partial charge in [-0.05, 0) is 103 Å². The number of ether oxygens (including phenoxy) is 4. The summed E-state index contributed by atoms with van der Waals surface area (Å²) in [7, 11) is 1.59. The van der Waals surface area contributed by atoms with Crippen molar-refractivity contribution in [3.8, 4) is 11.5 Å². The summed E-state index contributed by atoms with van der Waals surface area (Å²) >= 11 is 0. The van der Waals surface area contributed by atoms with E-state index in [1.165, 1.54) is 6.07 Å². The normalized spacial score (nSPS) is 22.0. The molecule has 1 N–H and O–H groups in total. The number of hydrogen-bond donors (Lipinski definition) is 1. The highest BCUT2D eigenvalue weighted by molar-refractivity contribution is 5.71. The fourth-order valence-electron chi connectivity index (χ4n) is 6.19. The van der Waals surface area contributed by atoms with Crippen molar-refractivity contribution in [1.82, 2.24) is 9.80 Å². The minimum atomic E-state index is -0.966. The third-order valence-electron chi connectivity index (χ3n) is 8.35. The first-order valence-electron chi connectivity index (χ1n) is 16.0. The number of likely N-dealkylation sites (tertiary alicyclic amines) is 1. The van der Waals surface area contributed by atoms with Crippen molar-refractivity contribution >= 4 is 12.2 Å². The lowest BCUT2D eigenvalue weighted by Gasteiger charge is -2.38. The van der Waals surface area contributed by atoms with Gasteiger partial charge in [-0.1, -0.05) is 12.1 Å². The Kier molecular flexibility index (Phi) is 11.1. The van der Waals surface area contributed by atoms with E-state index in [-0.39, 0.29) is 30.7 Å². The Labute approximate surface area is 270 Å². The van der Waals surface area contributed by atoms with Gasteiger partial charge in [-0.25, -0.2) is 18.4 Å². The Morgan fingerprint density at radius 1 is 0.935 bits per heavy atom. The number of phenolic OH excluding ortho intramolecular Hbond substituents is 1. The predicted molar refractivity (Wildman–Crippen MR) is 169 cm³/mol. The lowest BCUT2D eigenvalue weighted by molar-refractivity contribution is -0.0333. The zero-order chi connectivity index (χ0) is 33.8. The van der Waals surface area contributed by atoms with Crippen LogP contribution < -0.4 is 4.74 Å². The number of halogens is 2. The third-order valence-corrected chi connectivity index (χ3v) is 8.35. The predicted octanol–water partition coefficient (Wildman–Crippen LogP) is 7.54. The first-order chi connectivity index (χ1) is 21.5. The third kappa shape index (κ3) is 9.24. The van der Waals surface area contributed by atoms with Crippen molar-refractivity contribution in [3.05, 3.63) is 59.2 Å². The van der Waals surface area contributed by atoms with E-state index in [1.807, 2.05) is 45.0 Å². The van der Waals surface area contributed by atoms with Gasteiger partial charge in [0.2, 0.25) is 0 Å². The molecule has 0 bridgehead atoms. The van der Waals surface area contributed by atoms with Gasteiger partial charge in [0, 0.05) is 24.7 Å². The van der Waals surface area contributed by atoms with Crippen molar-refractivity contribution < 1.29 is 42.4 Å². The summed E-state index contributed by atoms with van der Waals surface area (Å²) < 4.78 is 51.2. The molecule has 1 heterocycles. The number of methoxy groups -OCH3 is 1. The van der Waals surface area contributed by atoms with Crippen LogP contribution in [0.25, 0.3) is 0 Å². The van der Waals surface area contributed by atoms with Crippen LogP contribution in [-0.2, 0) is 20.8 Å². The first-order valence-corrected chi connectivity index (χ1v) is 16.0. The summed E-state index contributed by atoms with van der Waals surface area (Å²) in [6, 6.07) is 8.38. The van der Waals surface area contributed by atoms with Gasteiger partial charge in [-0.3, -0.25) is 4.90 Å². The highest BCUT2D eigenvalue weighted by atomic mass is 19.1. The van der Waals surface area contributed by atoms with Crippen LogP contribution in [-0.4, -0.2) is 76.7 Å². The second-order valence-electron chi connectivity index (χ2n) is 14.2. The number of rotatable bonds is 8. The van der Waals surface area contributed by atoms with E-state index in [4.69, 9.17) is 18.9 Å². The topological polar surface area (TPSA) is 97.8 Å². The monoisotopic (exact) mass is 646 g/mol. The second kappa shape index (κ2) is 14.4. The van der Waals surface area contributed by atoms with Crippen LogP contribution in [0.5, 0.6) is 11.5 Å². The van der Waals surface area contributed by atoms with Crippen LogP contribution in [0.1, 0.15) is 90.7 Å². The molecule has 2 aromatic carbocycles. The second-order valence-corrected chi connectivity index (χ2v) is 14.2. The molecule has 0 spiro atoms. The number of phenols is 1. The molecule has 0 radical (unpaired) electrons. The fraction of sp³-hybridized carbons (Fsp3) is 0.600. The molecule has 4 rings (SSSR count). The molecule has 2 fully saturated rings. The van der Waals surface area contributed by atoms with Gasteiger partial charge in [0.05, 0.1) is 31.9 Å². The van der Waals surface area contributed by atoms with Gasteiger partial charge in [-0.2, -0.15) is 0 Å². The maximum absolute atomic E-state index is 14.0. The molecular formula is C35H48F2N2O7. The first kappa shape index (κ1) is 35.3. The lowest BCUT2D eigenvalue weighted by Crippen LogP contribution is -2.53. The Morgan fingerprint density at radius 2 is 1.57 bits per heavy atom. The Balaban J connectivity index is 1.54. The van der Waals surface area contributed by atoms with Crippen LogP contribution >= 0.6 is 0 Å². The van der Waals surface area contributed by atoms with E-state index >= 15 is 0 Å². The highest BCUT2D eigenvalue weighted by Crippen LogP contribution is 2.40. The Morgan fingerprint density at radius 3 is 2.15 bits per heavy atom. The van der Waals surface area contributed by atoms with E-state index in [9.17, 15) is 23.5 Å². The molecule has 2 aliphatic rings. The van der Waals surface area contributed by atoms with Crippen molar-refractivity contribution in [1.29, 1.82) is 0 Å². The number of aromatic hydroxyl groups is 1. The van der Waals surface area contributed by atoms with Crippen molar-refractivity contribution in [2.45, 2.75) is 115 Å². The molecule has 46 heavy (non-hydrogen) atoms. The molecular weight excluding hydrogens is 598 g/mol. The molecule has 2 aromatic rings. The number of carbonyl (C=O) groups excluding carboxylic acids is 2. The van der Waals surface area contributed by atoms with E-state index in [1.54, 1.807) is 37.7 Å². The minimum absolute atomic E-state index is 0.154. The van der Waals surface area contributed by atoms with Gasteiger partial charge in [0.25, 0.3) is 0 Å². The Hall–Kier alpha value is -3.60. The number of amides is 2.